The Hall–Kier alpha value is -1.84. The monoisotopic (exact) mass is 376 g/mol. The van der Waals surface area contributed by atoms with Gasteiger partial charge in [0, 0.05) is 12.5 Å². The summed E-state index contributed by atoms with van der Waals surface area (Å²) in [5.41, 5.74) is 1.36. The van der Waals surface area contributed by atoms with Crippen molar-refractivity contribution in [3.8, 4) is 11.5 Å². The Morgan fingerprint density at radius 3 is 2.36 bits per heavy atom. The zero-order valence-corrected chi connectivity index (χ0v) is 16.6. The third kappa shape index (κ3) is 3.70. The highest BCUT2D eigenvalue weighted by atomic mass is 16.5. The standard InChI is InChI=1S/C25H32N2O/c1-3-9-18(10-4-1)19-15-22-23(17-27-25(22)26-16-19)21-13-7-8-14-24(21)28-20-11-5-2-6-12-20/h2,5-8,11-14,18-19,22-23,25-27H,1,3-4,9-10,15-17H2. The number of hydrogen-bond donors (Lipinski definition) is 2. The Labute approximate surface area is 168 Å². The summed E-state index contributed by atoms with van der Waals surface area (Å²) in [5, 5.41) is 7.60. The maximum atomic E-state index is 6.30. The van der Waals surface area contributed by atoms with Crippen LogP contribution in [-0.4, -0.2) is 19.3 Å². The van der Waals surface area contributed by atoms with Crippen LogP contribution < -0.4 is 15.4 Å². The first-order valence-electron chi connectivity index (χ1n) is 11.2. The lowest BCUT2D eigenvalue weighted by Gasteiger charge is -2.40. The van der Waals surface area contributed by atoms with Crippen molar-refractivity contribution in [2.45, 2.75) is 50.6 Å². The fourth-order valence-electron chi connectivity index (χ4n) is 5.82. The van der Waals surface area contributed by atoms with Gasteiger partial charge in [-0.1, -0.05) is 68.5 Å². The smallest absolute Gasteiger partial charge is 0.130 e. The van der Waals surface area contributed by atoms with Crippen molar-refractivity contribution in [3.05, 3.63) is 60.2 Å². The number of fused-ring (bicyclic) bond motifs is 1. The molecular formula is C25H32N2O. The van der Waals surface area contributed by atoms with Gasteiger partial charge in [-0.05, 0) is 54.5 Å². The second-order valence-electron chi connectivity index (χ2n) is 8.91. The van der Waals surface area contributed by atoms with Gasteiger partial charge in [-0.25, -0.2) is 0 Å². The van der Waals surface area contributed by atoms with Gasteiger partial charge >= 0.3 is 0 Å². The summed E-state index contributed by atoms with van der Waals surface area (Å²) in [5.74, 6) is 4.87. The van der Waals surface area contributed by atoms with Gasteiger partial charge in [0.25, 0.3) is 0 Å². The van der Waals surface area contributed by atoms with Crippen LogP contribution in [0.1, 0.15) is 50.0 Å². The van der Waals surface area contributed by atoms with Crippen LogP contribution in [0.5, 0.6) is 11.5 Å². The van der Waals surface area contributed by atoms with E-state index in [0.717, 1.165) is 29.9 Å². The second-order valence-corrected chi connectivity index (χ2v) is 8.91. The van der Waals surface area contributed by atoms with Gasteiger partial charge in [0.15, 0.2) is 0 Å². The van der Waals surface area contributed by atoms with E-state index in [9.17, 15) is 0 Å². The third-order valence-corrected chi connectivity index (χ3v) is 7.28. The summed E-state index contributed by atoms with van der Waals surface area (Å²) in [7, 11) is 0. The van der Waals surface area contributed by atoms with Crippen LogP contribution >= 0.6 is 0 Å². The van der Waals surface area contributed by atoms with Gasteiger partial charge in [-0.3, -0.25) is 0 Å². The normalized spacial score (nSPS) is 30.7. The molecular weight excluding hydrogens is 344 g/mol. The molecule has 28 heavy (non-hydrogen) atoms. The first kappa shape index (κ1) is 18.2. The minimum absolute atomic E-state index is 0.453. The summed E-state index contributed by atoms with van der Waals surface area (Å²) in [6, 6.07) is 18.8. The summed E-state index contributed by atoms with van der Waals surface area (Å²) in [6.45, 7) is 2.22. The minimum atomic E-state index is 0.453. The van der Waals surface area contributed by atoms with Crippen LogP contribution in [0, 0.1) is 17.8 Å². The predicted octanol–water partition coefficient (Wildman–Crippen LogP) is 5.30. The molecule has 1 saturated carbocycles. The number of ether oxygens (including phenoxy) is 1. The number of nitrogens with one attached hydrogen (secondary N) is 2. The third-order valence-electron chi connectivity index (χ3n) is 7.28. The molecule has 2 aliphatic heterocycles. The van der Waals surface area contributed by atoms with Crippen LogP contribution in [0.15, 0.2) is 54.6 Å². The molecule has 2 aromatic rings. The van der Waals surface area contributed by atoms with Crippen LogP contribution in [-0.2, 0) is 0 Å². The average Bonchev–Trinajstić information content (AvgIpc) is 3.19. The van der Waals surface area contributed by atoms with Gasteiger partial charge in [0.05, 0.1) is 6.17 Å². The van der Waals surface area contributed by atoms with Crippen molar-refractivity contribution >= 4 is 0 Å². The Morgan fingerprint density at radius 1 is 0.750 bits per heavy atom. The highest BCUT2D eigenvalue weighted by Gasteiger charge is 2.43. The molecule has 3 aliphatic rings. The lowest BCUT2D eigenvalue weighted by Crippen LogP contribution is -2.50. The Bertz CT molecular complexity index is 771. The van der Waals surface area contributed by atoms with E-state index in [4.69, 9.17) is 4.74 Å². The maximum Gasteiger partial charge on any atom is 0.130 e. The van der Waals surface area contributed by atoms with E-state index < -0.39 is 0 Å². The summed E-state index contributed by atoms with van der Waals surface area (Å²) >= 11 is 0. The van der Waals surface area contributed by atoms with Crippen molar-refractivity contribution in [3.63, 3.8) is 0 Å². The molecule has 0 bridgehead atoms. The molecule has 1 aliphatic carbocycles. The predicted molar refractivity (Wildman–Crippen MR) is 114 cm³/mol. The number of benzene rings is 2. The van der Waals surface area contributed by atoms with E-state index in [1.54, 1.807) is 0 Å². The van der Waals surface area contributed by atoms with Crippen molar-refractivity contribution in [2.75, 3.05) is 13.1 Å². The number of para-hydroxylation sites is 2. The molecule has 5 rings (SSSR count). The van der Waals surface area contributed by atoms with Crippen LogP contribution in [0.3, 0.4) is 0 Å². The summed E-state index contributed by atoms with van der Waals surface area (Å²) in [6.07, 6.45) is 8.99. The fraction of sp³-hybridized carbons (Fsp3) is 0.520. The van der Waals surface area contributed by atoms with E-state index in [0.29, 0.717) is 18.0 Å². The van der Waals surface area contributed by atoms with Crippen molar-refractivity contribution in [1.82, 2.24) is 10.6 Å². The molecule has 2 heterocycles. The SMILES string of the molecule is c1ccc(Oc2ccccc2C2CNC3NCC(C4CCCCC4)CC32)cc1. The molecule has 3 fully saturated rings. The van der Waals surface area contributed by atoms with Crippen LogP contribution in [0.2, 0.25) is 0 Å². The average molecular weight is 377 g/mol. The number of piperidine rings is 1. The molecule has 0 amide bonds. The second kappa shape index (κ2) is 8.26. The van der Waals surface area contributed by atoms with Gasteiger partial charge in [-0.15, -0.1) is 0 Å². The van der Waals surface area contributed by atoms with Gasteiger partial charge in [0.2, 0.25) is 0 Å². The molecule has 2 saturated heterocycles. The highest BCUT2D eigenvalue weighted by molar-refractivity contribution is 5.41. The van der Waals surface area contributed by atoms with Gasteiger partial charge in [-0.2, -0.15) is 0 Å². The van der Waals surface area contributed by atoms with E-state index in [-0.39, 0.29) is 0 Å². The largest absolute Gasteiger partial charge is 0.457 e. The molecule has 3 nitrogen and oxygen atoms in total. The lowest BCUT2D eigenvalue weighted by molar-refractivity contribution is 0.142. The first-order valence-corrected chi connectivity index (χ1v) is 11.2. The molecule has 0 radical (unpaired) electrons. The van der Waals surface area contributed by atoms with Crippen LogP contribution in [0.25, 0.3) is 0 Å². The zero-order valence-electron chi connectivity index (χ0n) is 16.6. The quantitative estimate of drug-likeness (QED) is 0.760. The van der Waals surface area contributed by atoms with Gasteiger partial charge in [0.1, 0.15) is 11.5 Å². The van der Waals surface area contributed by atoms with Crippen molar-refractivity contribution < 1.29 is 4.74 Å². The zero-order chi connectivity index (χ0) is 18.8. The van der Waals surface area contributed by atoms with E-state index >= 15 is 0 Å². The molecule has 3 heteroatoms. The molecule has 4 unspecified atom stereocenters. The summed E-state index contributed by atoms with van der Waals surface area (Å²) in [4.78, 5) is 0. The molecule has 4 atom stereocenters. The van der Waals surface area contributed by atoms with Crippen LogP contribution in [0.4, 0.5) is 0 Å². The Balaban J connectivity index is 1.36. The van der Waals surface area contributed by atoms with E-state index in [1.807, 2.05) is 30.3 Å². The van der Waals surface area contributed by atoms with E-state index in [2.05, 4.69) is 34.9 Å². The Morgan fingerprint density at radius 2 is 1.50 bits per heavy atom. The fourth-order valence-corrected chi connectivity index (χ4v) is 5.82. The molecule has 2 N–H and O–H groups in total. The minimum Gasteiger partial charge on any atom is -0.457 e. The van der Waals surface area contributed by atoms with Gasteiger partial charge < -0.3 is 15.4 Å². The highest BCUT2D eigenvalue weighted by Crippen LogP contribution is 2.44. The molecule has 0 spiro atoms. The van der Waals surface area contributed by atoms with E-state index in [1.165, 1.54) is 50.6 Å². The lowest BCUT2D eigenvalue weighted by atomic mass is 9.71. The maximum absolute atomic E-state index is 6.30. The molecule has 148 valence electrons. The first-order chi connectivity index (χ1) is 13.9. The Kier molecular flexibility index (Phi) is 5.37. The number of rotatable bonds is 4. The van der Waals surface area contributed by atoms with Crippen molar-refractivity contribution in [2.24, 2.45) is 17.8 Å². The molecule has 0 aromatic heterocycles. The topological polar surface area (TPSA) is 33.3 Å². The number of hydrogen-bond acceptors (Lipinski definition) is 3. The van der Waals surface area contributed by atoms with Crippen molar-refractivity contribution in [1.29, 1.82) is 0 Å². The molecule has 2 aromatic carbocycles. The summed E-state index contributed by atoms with van der Waals surface area (Å²) < 4.78 is 6.30.